The summed E-state index contributed by atoms with van der Waals surface area (Å²) in [6.45, 7) is 13.7. The molecule has 9 aromatic rings. The van der Waals surface area contributed by atoms with Gasteiger partial charge in [-0.05, 0) is 159 Å². The van der Waals surface area contributed by atoms with Crippen molar-refractivity contribution in [2.24, 2.45) is 0 Å². The van der Waals surface area contributed by atoms with Gasteiger partial charge in [0.2, 0.25) is 17.0 Å². The number of nitrogens with two attached hydrogens (primary N) is 1. The lowest BCUT2D eigenvalue weighted by molar-refractivity contribution is -0.387. The molecule has 0 saturated carbocycles. The Balaban J connectivity index is 0.000000387. The number of nitrogens with one attached hydrogen (secondary N) is 5. The number of aryl methyl sites for hydroxylation is 3. The minimum absolute atomic E-state index is 0.0386. The summed E-state index contributed by atoms with van der Waals surface area (Å²) in [7, 11) is 13.9. The predicted molar refractivity (Wildman–Crippen MR) is 506 cm³/mol. The van der Waals surface area contributed by atoms with Gasteiger partial charge in [0.1, 0.15) is 46.5 Å². The van der Waals surface area contributed by atoms with Gasteiger partial charge >= 0.3 is 5.69 Å². The number of aromatic nitrogens is 6. The highest BCUT2D eigenvalue weighted by Crippen LogP contribution is 2.38. The van der Waals surface area contributed by atoms with Crippen LogP contribution in [0, 0.1) is 65.8 Å². The lowest BCUT2D eigenvalue weighted by Gasteiger charge is -2.16. The molecule has 0 amide bonds. The van der Waals surface area contributed by atoms with Crippen molar-refractivity contribution >= 4 is 133 Å². The first-order valence-electron chi connectivity index (χ1n) is 40.3. The maximum absolute atomic E-state index is 14.5. The predicted octanol–water partition coefficient (Wildman–Crippen LogP) is 20.6. The van der Waals surface area contributed by atoms with Crippen molar-refractivity contribution in [2.75, 3.05) is 190 Å². The second-order valence-corrected chi connectivity index (χ2v) is 30.0. The van der Waals surface area contributed by atoms with Gasteiger partial charge in [-0.25, -0.2) is 46.9 Å². The average molecular weight is 2030 g/mol. The second-order valence-electron chi connectivity index (χ2n) is 26.7. The Morgan fingerprint density at radius 2 is 0.898 bits per heavy atom. The third-order valence-electron chi connectivity index (χ3n) is 17.0. The molecule has 2 aliphatic heterocycles. The topological polar surface area (TPSA) is 332 Å². The van der Waals surface area contributed by atoms with Gasteiger partial charge < -0.3 is 94.4 Å². The summed E-state index contributed by atoms with van der Waals surface area (Å²) >= 11 is 35.3. The molecule has 0 aliphatic carbocycles. The number of nitro groups is 1. The number of phenols is 1. The largest absolute Gasteiger partial charge is 0.504 e. The lowest BCUT2D eigenvalue weighted by Crippen LogP contribution is -2.22. The lowest BCUT2D eigenvalue weighted by atomic mass is 10.1. The number of rotatable bonds is 37. The standard InChI is InChI=1S/C20H28FN5O2.C17H21ClFN3O2.C10H11ClFNO4.C10H13ClFNO2.C10H12ClFO2.C7H7FO2.C6H8ClN3.C4H9N.C3H6ClI/c1-14-11-19(22-2)25-20(23-14)24-16-13-18(17(27-3)12-15(16)21)28-10-6-9-26-7-4-5-8-26;1-11-7-16(20-2)22-17(21-11)9-12-8-15(24-6-4-5-18)14(23-3)10-13(12)19;1-16-9-5-7(12)8(13(14)15)6-10(9)17-4-2-3-11;1-14-9-5-7(12)8(13)6-10(9)15-4-2-3-11;1-13-10-7-8(12)3-4-9(10)14-6-2-5-11;1-10-7-4-5(8)2-3-6(7)9;1-4-3-5(8-2)10-6(7)9-4;1-2-4-5-3-1;4-2-1-3-5/h11-13H,4-10H2,1-3H3,(H2,22,23,24,25);7-8,10H,4-6,9H2,1-3H3,(H,20,21,22);5-6H,2-4H2,1H3;5-6H,2-4,13H2,1H3;3-4,7H,2,5-6H2,1H3;2-4,9H,1H3;3H,1-2H3,(H,8,9,10);5H,1-4H2;1-3H2. The van der Waals surface area contributed by atoms with Crippen LogP contribution in [0.15, 0.2) is 103 Å². The number of nitrogens with zero attached hydrogens (tertiary/aromatic N) is 8. The number of methoxy groups -OCH3 is 6. The summed E-state index contributed by atoms with van der Waals surface area (Å²) in [5.41, 5.74) is 7.95. The zero-order valence-electron chi connectivity index (χ0n) is 73.7. The van der Waals surface area contributed by atoms with Gasteiger partial charge in [-0.1, -0.05) is 22.6 Å². The molecule has 0 unspecified atom stereocenters. The molecule has 0 bridgehead atoms. The normalized spacial score (nSPS) is 11.4. The third-order valence-corrected chi connectivity index (χ3v) is 19.2. The summed E-state index contributed by atoms with van der Waals surface area (Å²) in [5.74, 6) is 6.39. The molecule has 2 aliphatic rings. The Labute approximate surface area is 788 Å². The molecule has 0 spiro atoms. The van der Waals surface area contributed by atoms with Crippen LogP contribution < -0.4 is 84.4 Å². The number of aromatic hydroxyl groups is 1. The second kappa shape index (κ2) is 66.0. The molecule has 0 radical (unpaired) electrons. The number of halogens is 13. The van der Waals surface area contributed by atoms with Crippen LogP contribution in [0.4, 0.5) is 66.8 Å². The average Bonchev–Trinajstić information content (AvgIpc) is 1.71. The van der Waals surface area contributed by atoms with Crippen LogP contribution in [0.3, 0.4) is 0 Å². The molecule has 2 fully saturated rings. The molecule has 5 heterocycles. The van der Waals surface area contributed by atoms with Crippen LogP contribution in [0.5, 0.6) is 69.0 Å². The van der Waals surface area contributed by atoms with E-state index in [1.54, 1.807) is 39.3 Å². The highest BCUT2D eigenvalue weighted by Gasteiger charge is 2.22. The molecule has 3 aromatic heterocycles. The number of likely N-dealkylation sites (tertiary alicyclic amines) is 1. The van der Waals surface area contributed by atoms with Crippen molar-refractivity contribution < 1.29 is 88.5 Å². The summed E-state index contributed by atoms with van der Waals surface area (Å²) in [6, 6.07) is 23.5. The Morgan fingerprint density at radius 3 is 1.36 bits per heavy atom. The molecule has 6 aromatic carbocycles. The highest BCUT2D eigenvalue weighted by molar-refractivity contribution is 14.1. The van der Waals surface area contributed by atoms with Gasteiger partial charge in [-0.3, -0.25) is 10.1 Å². The molecule has 0 atom stereocenters. The molecule has 28 nitrogen and oxygen atoms in total. The van der Waals surface area contributed by atoms with Crippen molar-refractivity contribution in [1.82, 2.24) is 40.1 Å². The van der Waals surface area contributed by atoms with Crippen LogP contribution in [-0.2, 0) is 6.42 Å². The summed E-state index contributed by atoms with van der Waals surface area (Å²) in [4.78, 5) is 37.3. The van der Waals surface area contributed by atoms with Crippen LogP contribution >= 0.6 is 92.2 Å². The number of anilines is 6. The summed E-state index contributed by atoms with van der Waals surface area (Å²) < 4.78 is 139. The molecular weight excluding hydrogens is 1920 g/mol. The molecule has 128 heavy (non-hydrogen) atoms. The van der Waals surface area contributed by atoms with Gasteiger partial charge in [0, 0.05) is 152 Å². The SMILES string of the molecule is C1CCNC1.CNc1cc(C)nc(Cc2cc(OCCCCl)c(OC)cc2F)n1.CNc1cc(C)nc(Cl)n1.CNc1cc(C)nc(Nc2cc(OCCCN3CCCC3)c(OC)cc2F)n1.COc1cc(F)c(N)cc1OCCCCl.COc1cc(F)c([N+](=O)[O-])cc1OCCCCl.COc1cc(F)ccc1O.COc1cc(F)ccc1OCCCCl.ClCCCI. The minimum Gasteiger partial charge on any atom is -0.504 e. The van der Waals surface area contributed by atoms with Crippen LogP contribution in [0.25, 0.3) is 0 Å². The number of benzene rings is 6. The Bertz CT molecular complexity index is 4670. The van der Waals surface area contributed by atoms with E-state index in [0.29, 0.717) is 144 Å². The van der Waals surface area contributed by atoms with E-state index in [-0.39, 0.29) is 64.3 Å². The fourth-order valence-electron chi connectivity index (χ4n) is 10.7. The number of nitrogen functional groups attached to an aromatic ring is 1. The van der Waals surface area contributed by atoms with Crippen LogP contribution in [-0.4, -0.2) is 208 Å². The van der Waals surface area contributed by atoms with Crippen molar-refractivity contribution in [3.8, 4) is 69.0 Å². The first kappa shape index (κ1) is 113. The van der Waals surface area contributed by atoms with Gasteiger partial charge in [-0.15, -0.1) is 58.0 Å². The van der Waals surface area contributed by atoms with Gasteiger partial charge in [-0.2, -0.15) is 9.37 Å². The molecular formula is C87H115Cl6F6IN14O14. The van der Waals surface area contributed by atoms with Crippen LogP contribution in [0.2, 0.25) is 5.28 Å². The molecule has 11 rings (SSSR count). The quantitative estimate of drug-likeness (QED) is 0.00278. The van der Waals surface area contributed by atoms with Crippen molar-refractivity contribution in [3.63, 3.8) is 0 Å². The number of phenolic OH excluding ortho intramolecular Hbond substituents is 1. The Kier molecular flexibility index (Phi) is 58.1. The van der Waals surface area contributed by atoms with Gasteiger partial charge in [0.25, 0.3) is 0 Å². The van der Waals surface area contributed by atoms with Crippen molar-refractivity contribution in [1.29, 1.82) is 0 Å². The molecule has 8 N–H and O–H groups in total. The zero-order valence-corrected chi connectivity index (χ0v) is 80.4. The maximum Gasteiger partial charge on any atom is 0.308 e. The highest BCUT2D eigenvalue weighted by atomic mass is 127. The van der Waals surface area contributed by atoms with Gasteiger partial charge in [0.05, 0.1) is 98.1 Å². The smallest absolute Gasteiger partial charge is 0.308 e. The first-order valence-corrected chi connectivity index (χ1v) is 44.9. The number of ether oxygens (including phenoxy) is 11. The number of hydrogen-bond donors (Lipinski definition) is 7. The van der Waals surface area contributed by atoms with E-state index >= 15 is 0 Å². The summed E-state index contributed by atoms with van der Waals surface area (Å²) in [6.07, 6.45) is 10.4. The molecule has 41 heteroatoms. The van der Waals surface area contributed by atoms with E-state index in [1.165, 1.54) is 141 Å². The summed E-state index contributed by atoms with van der Waals surface area (Å²) in [5, 5.41) is 34.7. The minimum atomic E-state index is -0.962. The van der Waals surface area contributed by atoms with Crippen molar-refractivity contribution in [2.45, 2.75) is 91.4 Å². The molecule has 2 saturated heterocycles. The van der Waals surface area contributed by atoms with E-state index in [4.69, 9.17) is 128 Å². The first-order chi connectivity index (χ1) is 61.6. The van der Waals surface area contributed by atoms with Crippen LogP contribution in [0.1, 0.15) is 92.7 Å². The number of alkyl halides is 6. The van der Waals surface area contributed by atoms with E-state index < -0.39 is 33.9 Å². The Morgan fingerprint density at radius 1 is 0.477 bits per heavy atom. The van der Waals surface area contributed by atoms with E-state index in [9.17, 15) is 36.5 Å². The van der Waals surface area contributed by atoms with E-state index in [2.05, 4.69) is 88.7 Å². The number of nitro benzene ring substituents is 1. The van der Waals surface area contributed by atoms with Crippen molar-refractivity contribution in [3.05, 3.63) is 182 Å². The molecule has 708 valence electrons. The maximum atomic E-state index is 14.5. The Hall–Kier alpha value is -9.47. The number of hydrogen-bond acceptors (Lipinski definition) is 27. The zero-order chi connectivity index (χ0) is 94.7. The monoisotopic (exact) mass is 2030 g/mol. The fourth-order valence-corrected chi connectivity index (χ4v) is 12.3. The fraction of sp³-hybridized carbons (Fsp3) is 0.448. The third kappa shape index (κ3) is 44.2. The van der Waals surface area contributed by atoms with Gasteiger partial charge in [0.15, 0.2) is 74.8 Å². The van der Waals surface area contributed by atoms with E-state index in [0.717, 1.165) is 78.9 Å². The van der Waals surface area contributed by atoms with E-state index in [1.807, 2.05) is 39.0 Å².